The predicted octanol–water partition coefficient (Wildman–Crippen LogP) is 3.08. The third-order valence-electron chi connectivity index (χ3n) is 2.79. The van der Waals surface area contributed by atoms with Crippen LogP contribution in [0.15, 0.2) is 24.3 Å². The maximum absolute atomic E-state index is 11.8. The molecule has 0 aliphatic rings. The van der Waals surface area contributed by atoms with Gasteiger partial charge in [-0.1, -0.05) is 0 Å². The molecular weight excluding hydrogens is 272 g/mol. The molecule has 0 aromatic heterocycles. The molecule has 5 heteroatoms. The average molecular weight is 292 g/mol. The van der Waals surface area contributed by atoms with Gasteiger partial charge in [0.25, 0.3) is 0 Å². The Morgan fingerprint density at radius 1 is 1.05 bits per heavy atom. The number of carbonyl (C=O) groups excluding carboxylic acids is 2. The highest BCUT2D eigenvalue weighted by Crippen LogP contribution is 2.20. The molecule has 0 heterocycles. The van der Waals surface area contributed by atoms with Gasteiger partial charge in [-0.05, 0) is 51.5 Å². The Morgan fingerprint density at radius 2 is 1.62 bits per heavy atom. The van der Waals surface area contributed by atoms with Crippen LogP contribution in [0.1, 0.15) is 50.4 Å². The van der Waals surface area contributed by atoms with Gasteiger partial charge >= 0.3 is 11.9 Å². The lowest BCUT2D eigenvalue weighted by atomic mass is 9.97. The molecule has 1 aromatic carbocycles. The summed E-state index contributed by atoms with van der Waals surface area (Å²) >= 11 is 0. The molecule has 1 aromatic rings. The van der Waals surface area contributed by atoms with Crippen molar-refractivity contribution in [2.45, 2.75) is 40.0 Å². The third-order valence-corrected chi connectivity index (χ3v) is 2.79. The Balaban J connectivity index is 2.59. The Hall–Kier alpha value is -2.17. The molecule has 0 unspecified atom stereocenters. The molecule has 0 bridgehead atoms. The molecule has 0 saturated heterocycles. The number of ketones is 1. The van der Waals surface area contributed by atoms with Crippen LogP contribution in [-0.4, -0.2) is 22.8 Å². The first-order chi connectivity index (χ1) is 9.70. The first-order valence-corrected chi connectivity index (χ1v) is 6.77. The monoisotopic (exact) mass is 292 g/mol. The van der Waals surface area contributed by atoms with Gasteiger partial charge in [0.15, 0.2) is 5.78 Å². The molecule has 0 saturated carbocycles. The van der Waals surface area contributed by atoms with Gasteiger partial charge in [0.05, 0.1) is 5.41 Å². The minimum absolute atomic E-state index is 0.0208. The Morgan fingerprint density at radius 3 is 2.10 bits per heavy atom. The first kappa shape index (κ1) is 16.9. The molecule has 0 spiro atoms. The summed E-state index contributed by atoms with van der Waals surface area (Å²) in [6, 6.07) is 6.28. The average Bonchev–Trinajstić information content (AvgIpc) is 2.37. The van der Waals surface area contributed by atoms with Gasteiger partial charge in [0.1, 0.15) is 5.75 Å². The highest BCUT2D eigenvalue weighted by Gasteiger charge is 2.23. The summed E-state index contributed by atoms with van der Waals surface area (Å²) < 4.78 is 5.20. The second-order valence-corrected chi connectivity index (χ2v) is 5.83. The number of carboxylic acids is 1. The lowest BCUT2D eigenvalue weighted by Crippen LogP contribution is -2.25. The fraction of sp³-hybridized carbons (Fsp3) is 0.438. The van der Waals surface area contributed by atoms with Crippen LogP contribution in [-0.2, 0) is 9.59 Å². The molecule has 0 fully saturated rings. The molecule has 0 amide bonds. The van der Waals surface area contributed by atoms with Crippen LogP contribution >= 0.6 is 0 Å². The lowest BCUT2D eigenvalue weighted by Gasteiger charge is -2.16. The number of ether oxygens (including phenoxy) is 1. The number of esters is 1. The summed E-state index contributed by atoms with van der Waals surface area (Å²) in [5.74, 6) is -0.989. The van der Waals surface area contributed by atoms with Gasteiger partial charge in [-0.15, -0.1) is 0 Å². The van der Waals surface area contributed by atoms with Crippen molar-refractivity contribution in [3.05, 3.63) is 29.8 Å². The fourth-order valence-corrected chi connectivity index (χ4v) is 1.51. The van der Waals surface area contributed by atoms with Gasteiger partial charge in [-0.25, -0.2) is 0 Å². The summed E-state index contributed by atoms with van der Waals surface area (Å²) in [4.78, 5) is 33.9. The van der Waals surface area contributed by atoms with E-state index in [0.29, 0.717) is 17.7 Å². The van der Waals surface area contributed by atoms with E-state index in [-0.39, 0.29) is 24.6 Å². The molecule has 0 aliphatic carbocycles. The number of aliphatic carboxylic acids is 1. The van der Waals surface area contributed by atoms with Crippen LogP contribution in [0.3, 0.4) is 0 Å². The number of carbonyl (C=O) groups is 3. The standard InChI is InChI=1S/C16H20O5/c1-16(2,3)15(20)21-12-9-7-11(8-10-12)13(17)5-4-6-14(18)19/h7-10H,4-6H2,1-3H3,(H,18,19). The molecule has 21 heavy (non-hydrogen) atoms. The van der Waals surface area contributed by atoms with Crippen LogP contribution in [0, 0.1) is 5.41 Å². The van der Waals surface area contributed by atoms with Crippen LogP contribution < -0.4 is 4.74 Å². The normalized spacial score (nSPS) is 11.0. The van der Waals surface area contributed by atoms with Gasteiger partial charge < -0.3 is 9.84 Å². The molecule has 1 rings (SSSR count). The van der Waals surface area contributed by atoms with Crippen molar-refractivity contribution in [2.24, 2.45) is 5.41 Å². The molecule has 1 N–H and O–H groups in total. The Labute approximate surface area is 123 Å². The molecule has 114 valence electrons. The zero-order valence-corrected chi connectivity index (χ0v) is 12.5. The second kappa shape index (κ2) is 7.02. The van der Waals surface area contributed by atoms with E-state index in [9.17, 15) is 14.4 Å². The quantitative estimate of drug-likeness (QED) is 0.495. The first-order valence-electron chi connectivity index (χ1n) is 6.77. The van der Waals surface area contributed by atoms with E-state index >= 15 is 0 Å². The number of hydrogen-bond acceptors (Lipinski definition) is 4. The smallest absolute Gasteiger partial charge is 0.316 e. The van der Waals surface area contributed by atoms with Gasteiger partial charge in [-0.2, -0.15) is 0 Å². The van der Waals surface area contributed by atoms with Crippen molar-refractivity contribution in [2.75, 3.05) is 0 Å². The van der Waals surface area contributed by atoms with E-state index in [0.717, 1.165) is 0 Å². The molecule has 0 radical (unpaired) electrons. The number of rotatable bonds is 6. The Bertz CT molecular complexity index is 523. The number of hydrogen-bond donors (Lipinski definition) is 1. The SMILES string of the molecule is CC(C)(C)C(=O)Oc1ccc(C(=O)CCCC(=O)O)cc1. The number of carboxylic acid groups (broad SMARTS) is 1. The predicted molar refractivity (Wildman–Crippen MR) is 77.3 cm³/mol. The molecular formula is C16H20O5. The van der Waals surface area contributed by atoms with Crippen LogP contribution in [0.25, 0.3) is 0 Å². The number of Topliss-reactive ketones (excluding diaryl/α,β-unsaturated/α-hetero) is 1. The largest absolute Gasteiger partial charge is 0.481 e. The van der Waals surface area contributed by atoms with E-state index in [1.165, 1.54) is 0 Å². The van der Waals surface area contributed by atoms with Crippen molar-refractivity contribution in [3.63, 3.8) is 0 Å². The third kappa shape index (κ3) is 5.77. The number of benzene rings is 1. The van der Waals surface area contributed by atoms with Crippen molar-refractivity contribution in [3.8, 4) is 5.75 Å². The summed E-state index contributed by atoms with van der Waals surface area (Å²) in [6.07, 6.45) is 0.482. The summed E-state index contributed by atoms with van der Waals surface area (Å²) in [5.41, 5.74) is -0.110. The van der Waals surface area contributed by atoms with Gasteiger partial charge in [-0.3, -0.25) is 14.4 Å². The van der Waals surface area contributed by atoms with Crippen molar-refractivity contribution >= 4 is 17.7 Å². The minimum atomic E-state index is -0.910. The Kier molecular flexibility index (Phi) is 5.64. The van der Waals surface area contributed by atoms with Crippen molar-refractivity contribution in [1.29, 1.82) is 0 Å². The summed E-state index contributed by atoms with van der Waals surface area (Å²) in [7, 11) is 0. The molecule has 0 aliphatic heterocycles. The molecule has 5 nitrogen and oxygen atoms in total. The van der Waals surface area contributed by atoms with E-state index in [1.54, 1.807) is 45.0 Å². The van der Waals surface area contributed by atoms with Gasteiger partial charge in [0.2, 0.25) is 0 Å². The minimum Gasteiger partial charge on any atom is -0.481 e. The van der Waals surface area contributed by atoms with Crippen LogP contribution in [0.2, 0.25) is 0 Å². The maximum Gasteiger partial charge on any atom is 0.316 e. The zero-order chi connectivity index (χ0) is 16.0. The summed E-state index contributed by atoms with van der Waals surface area (Å²) in [6.45, 7) is 5.28. The maximum atomic E-state index is 11.8. The second-order valence-electron chi connectivity index (χ2n) is 5.83. The van der Waals surface area contributed by atoms with Crippen LogP contribution in [0.4, 0.5) is 0 Å². The molecule has 0 atom stereocenters. The topological polar surface area (TPSA) is 80.7 Å². The summed E-state index contributed by atoms with van der Waals surface area (Å²) in [5, 5.41) is 8.52. The lowest BCUT2D eigenvalue weighted by molar-refractivity contribution is -0.143. The zero-order valence-electron chi connectivity index (χ0n) is 12.5. The van der Waals surface area contributed by atoms with Crippen molar-refractivity contribution < 1.29 is 24.2 Å². The van der Waals surface area contributed by atoms with E-state index in [2.05, 4.69) is 0 Å². The van der Waals surface area contributed by atoms with Crippen LogP contribution in [0.5, 0.6) is 5.75 Å². The van der Waals surface area contributed by atoms with Crippen molar-refractivity contribution in [1.82, 2.24) is 0 Å². The van der Waals surface area contributed by atoms with E-state index in [1.807, 2.05) is 0 Å². The van der Waals surface area contributed by atoms with Gasteiger partial charge in [0, 0.05) is 18.4 Å². The highest BCUT2D eigenvalue weighted by atomic mass is 16.5. The van der Waals surface area contributed by atoms with E-state index < -0.39 is 11.4 Å². The fourth-order valence-electron chi connectivity index (χ4n) is 1.51. The van der Waals surface area contributed by atoms with E-state index in [4.69, 9.17) is 9.84 Å². The highest BCUT2D eigenvalue weighted by molar-refractivity contribution is 5.96.